The number of hydrogen-bond acceptors (Lipinski definition) is 4. The van der Waals surface area contributed by atoms with Crippen LogP contribution in [0.15, 0.2) is 41.3 Å². The number of nitrogens with one attached hydrogen (secondary N) is 2. The molecule has 2 N–H and O–H groups in total. The smallest absolute Gasteiger partial charge is 0.240 e. The molecule has 1 aliphatic heterocycles. The monoisotopic (exact) mass is 387 g/mol. The van der Waals surface area contributed by atoms with Gasteiger partial charge in [0.1, 0.15) is 5.82 Å². The summed E-state index contributed by atoms with van der Waals surface area (Å²) in [4.78, 5) is 4.91. The molecule has 3 rings (SSSR count). The van der Waals surface area contributed by atoms with Crippen LogP contribution in [0.3, 0.4) is 0 Å². The summed E-state index contributed by atoms with van der Waals surface area (Å²) >= 11 is 0. The Labute approximate surface area is 162 Å². The quantitative estimate of drug-likeness (QED) is 0.761. The van der Waals surface area contributed by atoms with Crippen LogP contribution in [0.2, 0.25) is 0 Å². The normalized spacial score (nSPS) is 14.5. The second-order valence-corrected chi connectivity index (χ2v) is 9.52. The second-order valence-electron chi connectivity index (χ2n) is 7.75. The molecule has 5 nitrogen and oxygen atoms in total. The molecule has 1 aliphatic rings. The molecule has 0 spiro atoms. The van der Waals surface area contributed by atoms with Crippen molar-refractivity contribution in [2.75, 3.05) is 18.4 Å². The van der Waals surface area contributed by atoms with E-state index in [1.54, 1.807) is 12.1 Å². The van der Waals surface area contributed by atoms with E-state index in [-0.39, 0.29) is 5.41 Å². The number of hydrogen-bond donors (Lipinski definition) is 2. The van der Waals surface area contributed by atoms with Crippen LogP contribution >= 0.6 is 0 Å². The van der Waals surface area contributed by atoms with E-state index < -0.39 is 10.0 Å². The first-order valence-electron chi connectivity index (χ1n) is 9.65. The van der Waals surface area contributed by atoms with E-state index in [1.165, 1.54) is 5.56 Å². The van der Waals surface area contributed by atoms with Crippen LogP contribution in [0.1, 0.15) is 50.4 Å². The lowest BCUT2D eigenvalue weighted by Crippen LogP contribution is -2.26. The van der Waals surface area contributed by atoms with Gasteiger partial charge in [0, 0.05) is 25.2 Å². The van der Waals surface area contributed by atoms with E-state index in [0.717, 1.165) is 42.9 Å². The summed E-state index contributed by atoms with van der Waals surface area (Å²) in [6, 6.07) is 11.3. The van der Waals surface area contributed by atoms with Gasteiger partial charge in [-0.3, -0.25) is 0 Å². The fraction of sp³-hybridized carbons (Fsp3) is 0.476. The van der Waals surface area contributed by atoms with Gasteiger partial charge in [0.2, 0.25) is 10.0 Å². The number of anilines is 1. The Hall–Kier alpha value is -1.92. The first-order valence-corrected chi connectivity index (χ1v) is 11.1. The first kappa shape index (κ1) is 19.8. The molecule has 2 aromatic rings. The molecular formula is C21H29N3O2S. The maximum absolute atomic E-state index is 12.5. The Morgan fingerprint density at radius 3 is 2.59 bits per heavy atom. The van der Waals surface area contributed by atoms with Crippen molar-refractivity contribution in [3.8, 4) is 0 Å². The standard InChI is InChI=1S/C21H29N3O2S/c1-4-21(2,3)17-8-11-19(12-9-17)27(25,26)23-15-13-18-10-7-16-6-5-14-22-20(16)24-18/h7-12,23H,4-6,13-15H2,1-3H3,(H,22,24). The zero-order chi connectivity index (χ0) is 19.5. The van der Waals surface area contributed by atoms with Gasteiger partial charge in [0.05, 0.1) is 4.90 Å². The third kappa shape index (κ3) is 4.68. The lowest BCUT2D eigenvalue weighted by atomic mass is 9.82. The van der Waals surface area contributed by atoms with E-state index in [9.17, 15) is 8.42 Å². The van der Waals surface area contributed by atoms with Gasteiger partial charge >= 0.3 is 0 Å². The molecule has 0 radical (unpaired) electrons. The van der Waals surface area contributed by atoms with Gasteiger partial charge in [-0.15, -0.1) is 0 Å². The minimum absolute atomic E-state index is 0.0435. The summed E-state index contributed by atoms with van der Waals surface area (Å²) < 4.78 is 27.8. The Kier molecular flexibility index (Phi) is 5.86. The minimum Gasteiger partial charge on any atom is -0.370 e. The maximum atomic E-state index is 12.5. The Bertz CT molecular complexity index is 890. The molecule has 1 aromatic heterocycles. The van der Waals surface area contributed by atoms with Crippen molar-refractivity contribution >= 4 is 15.8 Å². The average Bonchev–Trinajstić information content (AvgIpc) is 2.68. The van der Waals surface area contributed by atoms with Crippen LogP contribution in [-0.4, -0.2) is 26.5 Å². The Balaban J connectivity index is 1.62. The first-order chi connectivity index (χ1) is 12.8. The van der Waals surface area contributed by atoms with Gasteiger partial charge in [-0.25, -0.2) is 18.1 Å². The molecule has 27 heavy (non-hydrogen) atoms. The Morgan fingerprint density at radius 2 is 1.89 bits per heavy atom. The number of nitrogens with zero attached hydrogens (tertiary/aromatic N) is 1. The third-order valence-corrected chi connectivity index (χ3v) is 6.93. The summed E-state index contributed by atoms with van der Waals surface area (Å²) in [5.74, 6) is 0.940. The van der Waals surface area contributed by atoms with Crippen molar-refractivity contribution < 1.29 is 8.42 Å². The zero-order valence-electron chi connectivity index (χ0n) is 16.4. The number of rotatable bonds is 7. The highest BCUT2D eigenvalue weighted by molar-refractivity contribution is 7.89. The lowest BCUT2D eigenvalue weighted by molar-refractivity contribution is 0.505. The topological polar surface area (TPSA) is 71.1 Å². The van der Waals surface area contributed by atoms with Crippen molar-refractivity contribution in [3.05, 3.63) is 53.2 Å². The fourth-order valence-electron chi connectivity index (χ4n) is 3.19. The number of aromatic nitrogens is 1. The largest absolute Gasteiger partial charge is 0.370 e. The Morgan fingerprint density at radius 1 is 1.15 bits per heavy atom. The van der Waals surface area contributed by atoms with E-state index in [2.05, 4.69) is 41.9 Å². The van der Waals surface area contributed by atoms with Crippen LogP contribution in [0.4, 0.5) is 5.82 Å². The van der Waals surface area contributed by atoms with E-state index in [1.807, 2.05) is 18.2 Å². The predicted molar refractivity (Wildman–Crippen MR) is 110 cm³/mol. The number of aryl methyl sites for hydroxylation is 1. The van der Waals surface area contributed by atoms with Crippen LogP contribution in [0, 0.1) is 0 Å². The summed E-state index contributed by atoms with van der Waals surface area (Å²) in [7, 11) is -3.51. The number of sulfonamides is 1. The van der Waals surface area contributed by atoms with Gasteiger partial charge in [0.15, 0.2) is 0 Å². The van der Waals surface area contributed by atoms with Crippen molar-refractivity contribution in [1.82, 2.24) is 9.71 Å². The summed E-state index contributed by atoms with van der Waals surface area (Å²) in [6.07, 6.45) is 3.74. The van der Waals surface area contributed by atoms with E-state index >= 15 is 0 Å². The fourth-order valence-corrected chi connectivity index (χ4v) is 4.23. The van der Waals surface area contributed by atoms with E-state index in [4.69, 9.17) is 0 Å². The molecule has 0 saturated carbocycles. The maximum Gasteiger partial charge on any atom is 0.240 e. The number of benzene rings is 1. The van der Waals surface area contributed by atoms with Crippen molar-refractivity contribution in [2.45, 2.75) is 56.8 Å². The van der Waals surface area contributed by atoms with Gasteiger partial charge < -0.3 is 5.32 Å². The second kappa shape index (κ2) is 7.98. The van der Waals surface area contributed by atoms with Crippen molar-refractivity contribution in [3.63, 3.8) is 0 Å². The molecule has 0 unspecified atom stereocenters. The SMILES string of the molecule is CCC(C)(C)c1ccc(S(=O)(=O)NCCc2ccc3c(n2)NCCC3)cc1. The summed E-state index contributed by atoms with van der Waals surface area (Å²) in [6.45, 7) is 7.73. The molecule has 146 valence electrons. The van der Waals surface area contributed by atoms with Gasteiger partial charge in [-0.1, -0.05) is 39.0 Å². The molecule has 6 heteroatoms. The molecule has 0 bridgehead atoms. The minimum atomic E-state index is -3.51. The average molecular weight is 388 g/mol. The molecule has 0 amide bonds. The van der Waals surface area contributed by atoms with Crippen molar-refractivity contribution in [1.29, 1.82) is 0 Å². The molecule has 0 aliphatic carbocycles. The molecule has 1 aromatic carbocycles. The van der Waals surface area contributed by atoms with Gasteiger partial charge in [0.25, 0.3) is 0 Å². The molecule has 0 fully saturated rings. The van der Waals surface area contributed by atoms with Gasteiger partial charge in [-0.05, 0) is 54.0 Å². The molecular weight excluding hydrogens is 358 g/mol. The number of pyridine rings is 1. The van der Waals surface area contributed by atoms with Crippen molar-refractivity contribution in [2.24, 2.45) is 0 Å². The highest BCUT2D eigenvalue weighted by atomic mass is 32.2. The van der Waals surface area contributed by atoms with Crippen LogP contribution in [-0.2, 0) is 28.3 Å². The van der Waals surface area contributed by atoms with Crippen LogP contribution in [0.5, 0.6) is 0 Å². The van der Waals surface area contributed by atoms with E-state index in [0.29, 0.717) is 17.9 Å². The predicted octanol–water partition coefficient (Wildman–Crippen LogP) is 3.65. The summed E-state index contributed by atoms with van der Waals surface area (Å²) in [5.41, 5.74) is 3.32. The highest BCUT2D eigenvalue weighted by Gasteiger charge is 2.20. The summed E-state index contributed by atoms with van der Waals surface area (Å²) in [5, 5.41) is 3.31. The van der Waals surface area contributed by atoms with Crippen LogP contribution in [0.25, 0.3) is 0 Å². The molecule has 0 saturated heterocycles. The highest BCUT2D eigenvalue weighted by Crippen LogP contribution is 2.27. The zero-order valence-corrected chi connectivity index (χ0v) is 17.2. The third-order valence-electron chi connectivity index (χ3n) is 5.46. The van der Waals surface area contributed by atoms with Gasteiger partial charge in [-0.2, -0.15) is 0 Å². The number of fused-ring (bicyclic) bond motifs is 1. The molecule has 2 heterocycles. The lowest BCUT2D eigenvalue weighted by Gasteiger charge is -2.23. The molecule has 0 atom stereocenters. The van der Waals surface area contributed by atoms with Crippen LogP contribution < -0.4 is 10.0 Å².